The Hall–Kier alpha value is -1.09. The Bertz CT molecular complexity index is 541. The van der Waals surface area contributed by atoms with Crippen LogP contribution in [0.1, 0.15) is 52.5 Å². The number of aromatic amines is 1. The van der Waals surface area contributed by atoms with E-state index in [1.807, 2.05) is 0 Å². The Morgan fingerprint density at radius 1 is 1.26 bits per heavy atom. The molecule has 3 nitrogen and oxygen atoms in total. The van der Waals surface area contributed by atoms with Crippen LogP contribution in [0.3, 0.4) is 0 Å². The molecule has 0 radical (unpaired) electrons. The molecule has 2 heterocycles. The van der Waals surface area contributed by atoms with Crippen LogP contribution >= 0.6 is 0 Å². The number of nitrogens with zero attached hydrogens (tertiary/aromatic N) is 1. The molecule has 102 valence electrons. The zero-order valence-electron chi connectivity index (χ0n) is 11.8. The molecule has 3 aliphatic rings. The number of fused-ring (bicyclic) bond motifs is 2. The number of carbonyl (C=O) groups is 1. The predicted molar refractivity (Wildman–Crippen MR) is 74.6 cm³/mol. The van der Waals surface area contributed by atoms with Crippen molar-refractivity contribution in [1.82, 2.24) is 9.88 Å². The van der Waals surface area contributed by atoms with Crippen molar-refractivity contribution in [3.8, 4) is 0 Å². The minimum Gasteiger partial charge on any atom is -0.362 e. The van der Waals surface area contributed by atoms with Gasteiger partial charge in [-0.1, -0.05) is 0 Å². The lowest BCUT2D eigenvalue weighted by molar-refractivity contribution is 0.0705. The molecule has 1 aromatic rings. The molecule has 2 unspecified atom stereocenters. The summed E-state index contributed by atoms with van der Waals surface area (Å²) < 4.78 is 0. The Morgan fingerprint density at radius 2 is 2.05 bits per heavy atom. The molecule has 19 heavy (non-hydrogen) atoms. The van der Waals surface area contributed by atoms with Crippen LogP contribution in [-0.2, 0) is 6.42 Å². The van der Waals surface area contributed by atoms with E-state index in [-0.39, 0.29) is 5.92 Å². The van der Waals surface area contributed by atoms with Gasteiger partial charge in [-0.25, -0.2) is 0 Å². The van der Waals surface area contributed by atoms with E-state index in [1.54, 1.807) is 0 Å². The number of hydrogen-bond acceptors (Lipinski definition) is 2. The maximum absolute atomic E-state index is 12.9. The van der Waals surface area contributed by atoms with Crippen LogP contribution in [0.25, 0.3) is 0 Å². The van der Waals surface area contributed by atoms with Gasteiger partial charge in [0.05, 0.1) is 0 Å². The maximum atomic E-state index is 12.9. The van der Waals surface area contributed by atoms with E-state index in [9.17, 15) is 4.79 Å². The van der Waals surface area contributed by atoms with E-state index in [1.165, 1.54) is 36.2 Å². The number of nitrogens with one attached hydrogen (secondary N) is 1. The van der Waals surface area contributed by atoms with E-state index in [0.717, 1.165) is 25.1 Å². The minimum atomic E-state index is 0.249. The zero-order chi connectivity index (χ0) is 13.1. The van der Waals surface area contributed by atoms with Crippen LogP contribution in [0.2, 0.25) is 0 Å². The summed E-state index contributed by atoms with van der Waals surface area (Å²) in [5, 5.41) is 0. The van der Waals surface area contributed by atoms with Crippen LogP contribution < -0.4 is 0 Å². The molecule has 0 bridgehead atoms. The summed E-state index contributed by atoms with van der Waals surface area (Å²) in [5.74, 6) is 1.92. The van der Waals surface area contributed by atoms with E-state index in [0.29, 0.717) is 17.6 Å². The quantitative estimate of drug-likeness (QED) is 0.840. The van der Waals surface area contributed by atoms with Gasteiger partial charge in [0.15, 0.2) is 5.78 Å². The number of Topliss-reactive ketones (excluding diaryl/α,β-unsaturated/α-hetero) is 1. The van der Waals surface area contributed by atoms with Crippen molar-refractivity contribution in [2.45, 2.75) is 38.5 Å². The highest BCUT2D eigenvalue weighted by Crippen LogP contribution is 2.47. The fourth-order valence-electron chi connectivity index (χ4n) is 4.18. The number of ketones is 1. The number of aryl methyl sites for hydroxylation is 1. The van der Waals surface area contributed by atoms with Gasteiger partial charge < -0.3 is 9.88 Å². The molecule has 0 aromatic carbocycles. The van der Waals surface area contributed by atoms with Gasteiger partial charge in [-0.05, 0) is 63.6 Å². The SMILES string of the molecule is Cc1[nH]c2c(c1C1CC1)C(=O)C1CN(C)CCC1C2. The molecule has 3 heteroatoms. The third-order valence-electron chi connectivity index (χ3n) is 5.31. The summed E-state index contributed by atoms with van der Waals surface area (Å²) in [7, 11) is 2.14. The lowest BCUT2D eigenvalue weighted by atomic mass is 9.72. The molecule has 0 amide bonds. The maximum Gasteiger partial charge on any atom is 0.169 e. The molecule has 2 atom stereocenters. The summed E-state index contributed by atoms with van der Waals surface area (Å²) in [5.41, 5.74) is 4.96. The van der Waals surface area contributed by atoms with Crippen LogP contribution in [0.15, 0.2) is 0 Å². The van der Waals surface area contributed by atoms with Gasteiger partial charge in [0.25, 0.3) is 0 Å². The summed E-state index contributed by atoms with van der Waals surface area (Å²) in [6.45, 7) is 4.24. The van der Waals surface area contributed by atoms with E-state index in [4.69, 9.17) is 0 Å². The first-order valence-corrected chi connectivity index (χ1v) is 7.59. The Kier molecular flexibility index (Phi) is 2.44. The largest absolute Gasteiger partial charge is 0.362 e. The third-order valence-corrected chi connectivity index (χ3v) is 5.31. The number of likely N-dealkylation sites (tertiary alicyclic amines) is 1. The molecule has 4 rings (SSSR count). The number of H-pyrrole nitrogens is 1. The minimum absolute atomic E-state index is 0.249. The topological polar surface area (TPSA) is 36.1 Å². The highest BCUT2D eigenvalue weighted by molar-refractivity contribution is 6.02. The highest BCUT2D eigenvalue weighted by Gasteiger charge is 2.43. The fourth-order valence-corrected chi connectivity index (χ4v) is 4.18. The first kappa shape index (κ1) is 11.7. The number of carbonyl (C=O) groups excluding carboxylic acids is 1. The van der Waals surface area contributed by atoms with Crippen molar-refractivity contribution in [2.24, 2.45) is 11.8 Å². The number of hydrogen-bond donors (Lipinski definition) is 1. The van der Waals surface area contributed by atoms with Gasteiger partial charge in [-0.3, -0.25) is 4.79 Å². The van der Waals surface area contributed by atoms with Crippen molar-refractivity contribution >= 4 is 5.78 Å². The summed E-state index contributed by atoms with van der Waals surface area (Å²) >= 11 is 0. The second kappa shape index (κ2) is 3.95. The third kappa shape index (κ3) is 1.71. The number of rotatable bonds is 1. The van der Waals surface area contributed by atoms with Crippen LogP contribution in [0, 0.1) is 18.8 Å². The summed E-state index contributed by atoms with van der Waals surface area (Å²) in [4.78, 5) is 18.8. The molecule has 1 saturated heterocycles. The van der Waals surface area contributed by atoms with Crippen molar-refractivity contribution in [1.29, 1.82) is 0 Å². The van der Waals surface area contributed by atoms with Crippen molar-refractivity contribution in [3.63, 3.8) is 0 Å². The lowest BCUT2D eigenvalue weighted by Crippen LogP contribution is -2.45. The molecule has 1 N–H and O–H groups in total. The highest BCUT2D eigenvalue weighted by atomic mass is 16.1. The lowest BCUT2D eigenvalue weighted by Gasteiger charge is -2.38. The van der Waals surface area contributed by atoms with Gasteiger partial charge in [0, 0.05) is 29.4 Å². The van der Waals surface area contributed by atoms with Crippen molar-refractivity contribution in [3.05, 3.63) is 22.5 Å². The molecular weight excluding hydrogens is 236 g/mol. The molecule has 2 fully saturated rings. The first-order chi connectivity index (χ1) is 9.15. The first-order valence-electron chi connectivity index (χ1n) is 7.59. The molecule has 1 aliphatic heterocycles. The van der Waals surface area contributed by atoms with Crippen LogP contribution in [-0.4, -0.2) is 35.8 Å². The van der Waals surface area contributed by atoms with Gasteiger partial charge >= 0.3 is 0 Å². The standard InChI is InChI=1S/C16H22N2O/c1-9-14(10-3-4-10)15-13(17-9)7-11-5-6-18(2)8-12(11)16(15)19/h10-12,17H,3-8H2,1-2H3. The monoisotopic (exact) mass is 258 g/mol. The summed E-state index contributed by atoms with van der Waals surface area (Å²) in [6.07, 6.45) is 4.80. The van der Waals surface area contributed by atoms with E-state index < -0.39 is 0 Å². The Balaban J connectivity index is 1.77. The number of aromatic nitrogens is 1. The summed E-state index contributed by atoms with van der Waals surface area (Å²) in [6, 6.07) is 0. The molecule has 0 spiro atoms. The zero-order valence-corrected chi connectivity index (χ0v) is 11.8. The van der Waals surface area contributed by atoms with Crippen LogP contribution in [0.5, 0.6) is 0 Å². The van der Waals surface area contributed by atoms with Crippen LogP contribution in [0.4, 0.5) is 0 Å². The average molecular weight is 258 g/mol. The molecular formula is C16H22N2O. The van der Waals surface area contributed by atoms with Gasteiger partial charge in [0.2, 0.25) is 0 Å². The second-order valence-electron chi connectivity index (χ2n) is 6.78. The predicted octanol–water partition coefficient (Wildman–Crippen LogP) is 2.51. The van der Waals surface area contributed by atoms with Gasteiger partial charge in [-0.2, -0.15) is 0 Å². The molecule has 1 saturated carbocycles. The van der Waals surface area contributed by atoms with Crippen molar-refractivity contribution in [2.75, 3.05) is 20.1 Å². The molecule has 2 aliphatic carbocycles. The molecule has 1 aromatic heterocycles. The van der Waals surface area contributed by atoms with Gasteiger partial charge in [0.1, 0.15) is 0 Å². The van der Waals surface area contributed by atoms with E-state index in [2.05, 4.69) is 23.9 Å². The van der Waals surface area contributed by atoms with E-state index >= 15 is 0 Å². The van der Waals surface area contributed by atoms with Crippen molar-refractivity contribution < 1.29 is 4.79 Å². The smallest absolute Gasteiger partial charge is 0.169 e. The normalized spacial score (nSPS) is 31.2. The second-order valence-corrected chi connectivity index (χ2v) is 6.78. The van der Waals surface area contributed by atoms with Gasteiger partial charge in [-0.15, -0.1) is 0 Å². The number of piperidine rings is 1. The fraction of sp³-hybridized carbons (Fsp3) is 0.688. The average Bonchev–Trinajstić information content (AvgIpc) is 3.14. The Labute approximate surface area is 114 Å². The Morgan fingerprint density at radius 3 is 2.79 bits per heavy atom.